The minimum Gasteiger partial charge on any atom is -0.481 e. The molecule has 0 rings (SSSR count). The van der Waals surface area contributed by atoms with Crippen LogP contribution in [0.1, 0.15) is 452 Å². The molecule has 14 N–H and O–H groups in total. The summed E-state index contributed by atoms with van der Waals surface area (Å²) in [5.41, 5.74) is -1.11. The SMILES string of the molecule is CCCCCC[C@@H](O)C/C=C\CCCCCCCC(=O)O.CCCCCC[C@@H](O)C/C=C\CCCCCCCC(=O)O.CCCCCC[C@@H](O)C/C=C\CCCCCCCC(=O)O.CCCCCC[C@@H](O)C/C=C\CCCCCCCC(=O)O.CCCCCC[C@@H](O)C/C=C\CCCCCCCC(=O)O.OCC(CO)(CO)CO. The normalized spacial score (nSPS) is 12.8. The van der Waals surface area contributed by atoms with Crippen molar-refractivity contribution in [2.75, 3.05) is 26.4 Å². The molecule has 19 heteroatoms. The zero-order valence-corrected chi connectivity index (χ0v) is 73.8. The third-order valence-corrected chi connectivity index (χ3v) is 20.0. The highest BCUT2D eigenvalue weighted by Crippen LogP contribution is 2.18. The highest BCUT2D eigenvalue weighted by atomic mass is 16.4. The number of allylic oxidation sites excluding steroid dienone is 5. The van der Waals surface area contributed by atoms with Crippen LogP contribution in [0.5, 0.6) is 0 Å². The molecule has 0 saturated heterocycles. The summed E-state index contributed by atoms with van der Waals surface area (Å²) in [4.78, 5) is 51.7. The van der Waals surface area contributed by atoms with Crippen molar-refractivity contribution in [3.05, 3.63) is 60.8 Å². The minimum atomic E-state index is -1.11. The quantitative estimate of drug-likeness (QED) is 0.0199. The maximum Gasteiger partial charge on any atom is 0.303 e. The van der Waals surface area contributed by atoms with E-state index in [2.05, 4.69) is 95.4 Å². The van der Waals surface area contributed by atoms with Crippen LogP contribution in [0.15, 0.2) is 60.8 Å². The Labute approximate surface area is 697 Å². The smallest absolute Gasteiger partial charge is 0.303 e. The van der Waals surface area contributed by atoms with Gasteiger partial charge in [-0.2, -0.15) is 0 Å². The molecule has 0 aliphatic carbocycles. The van der Waals surface area contributed by atoms with Crippen LogP contribution in [0.3, 0.4) is 0 Å². The van der Waals surface area contributed by atoms with Crippen LogP contribution in [0.2, 0.25) is 0 Å². The first kappa shape index (κ1) is 121. The van der Waals surface area contributed by atoms with Gasteiger partial charge in [-0.3, -0.25) is 24.0 Å². The van der Waals surface area contributed by atoms with Gasteiger partial charge in [0, 0.05) is 32.1 Å². The molecule has 0 radical (unpaired) electrons. The summed E-state index contributed by atoms with van der Waals surface area (Å²) in [7, 11) is 0. The van der Waals surface area contributed by atoms with E-state index in [0.29, 0.717) is 32.1 Å². The second kappa shape index (κ2) is 103. The Bertz CT molecular complexity index is 1780. The third-order valence-electron chi connectivity index (χ3n) is 20.0. The molecule has 0 spiro atoms. The lowest BCUT2D eigenvalue weighted by molar-refractivity contribution is -0.138. The number of carbonyl (C=O) groups is 5. The van der Waals surface area contributed by atoms with Crippen molar-refractivity contribution in [3.63, 3.8) is 0 Å². The summed E-state index contributed by atoms with van der Waals surface area (Å²) in [6, 6.07) is 0. The van der Waals surface area contributed by atoms with E-state index in [1.165, 1.54) is 128 Å². The Kier molecular flexibility index (Phi) is 109. The summed E-state index contributed by atoms with van der Waals surface area (Å²) in [6.07, 6.45) is 86.8. The monoisotopic (exact) mass is 1630 g/mol. The molecule has 0 aromatic carbocycles. The first-order valence-electron chi connectivity index (χ1n) is 46.2. The summed E-state index contributed by atoms with van der Waals surface area (Å²) >= 11 is 0. The van der Waals surface area contributed by atoms with Gasteiger partial charge in [-0.05, 0) is 161 Å². The minimum absolute atomic E-state index is 0.172. The first-order valence-corrected chi connectivity index (χ1v) is 46.2. The van der Waals surface area contributed by atoms with Crippen molar-refractivity contribution in [2.24, 2.45) is 5.41 Å². The van der Waals surface area contributed by atoms with E-state index in [0.717, 1.165) is 257 Å². The zero-order chi connectivity index (χ0) is 86.1. The molecule has 676 valence electrons. The van der Waals surface area contributed by atoms with Gasteiger partial charge in [-0.25, -0.2) is 0 Å². The highest BCUT2D eigenvalue weighted by molar-refractivity contribution is 5.67. The molecule has 0 aromatic rings. The fourth-order valence-corrected chi connectivity index (χ4v) is 12.1. The van der Waals surface area contributed by atoms with E-state index in [9.17, 15) is 49.5 Å². The maximum absolute atomic E-state index is 10.3. The molecule has 19 nitrogen and oxygen atoms in total. The molecule has 0 bridgehead atoms. The van der Waals surface area contributed by atoms with E-state index in [1.54, 1.807) is 0 Å². The fraction of sp³-hybridized carbons (Fsp3) is 0.842. The van der Waals surface area contributed by atoms with Crippen molar-refractivity contribution in [1.29, 1.82) is 0 Å². The predicted octanol–water partition coefficient (Wildman–Crippen LogP) is 23.3. The van der Waals surface area contributed by atoms with Crippen molar-refractivity contribution >= 4 is 29.8 Å². The Morgan fingerprint density at radius 1 is 0.211 bits per heavy atom. The van der Waals surface area contributed by atoms with Crippen LogP contribution < -0.4 is 0 Å². The predicted molar refractivity (Wildman–Crippen MR) is 473 cm³/mol. The molecule has 0 unspecified atom stereocenters. The maximum atomic E-state index is 10.3. The molecule has 0 amide bonds. The Hall–Kier alpha value is -4.31. The van der Waals surface area contributed by atoms with E-state index in [4.69, 9.17) is 46.0 Å². The van der Waals surface area contributed by atoms with Gasteiger partial charge in [0.2, 0.25) is 0 Å². The molecular formula is C95H182O19. The van der Waals surface area contributed by atoms with Gasteiger partial charge in [0.05, 0.1) is 62.4 Å². The van der Waals surface area contributed by atoms with Gasteiger partial charge >= 0.3 is 29.8 Å². The lowest BCUT2D eigenvalue weighted by Crippen LogP contribution is -2.37. The highest BCUT2D eigenvalue weighted by Gasteiger charge is 2.26. The van der Waals surface area contributed by atoms with Crippen LogP contribution in [0.4, 0.5) is 0 Å². The third kappa shape index (κ3) is 116. The molecule has 0 aliphatic rings. The molecular weight excluding hydrogens is 1450 g/mol. The van der Waals surface area contributed by atoms with Crippen molar-refractivity contribution < 1.29 is 95.5 Å². The van der Waals surface area contributed by atoms with Gasteiger partial charge in [-0.15, -0.1) is 0 Å². The molecule has 0 heterocycles. The average Bonchev–Trinajstić information content (AvgIpc) is 0.913. The topological polar surface area (TPSA) is 369 Å². The van der Waals surface area contributed by atoms with E-state index < -0.39 is 61.7 Å². The number of hydrogen-bond donors (Lipinski definition) is 14. The molecule has 0 aromatic heterocycles. The summed E-state index contributed by atoms with van der Waals surface area (Å²) in [6.45, 7) is 9.37. The Morgan fingerprint density at radius 3 is 0.482 bits per heavy atom. The van der Waals surface area contributed by atoms with E-state index in [1.807, 2.05) is 0 Å². The lowest BCUT2D eigenvalue weighted by atomic mass is 9.93. The Morgan fingerprint density at radius 2 is 0.351 bits per heavy atom. The average molecular weight is 1630 g/mol. The fourth-order valence-electron chi connectivity index (χ4n) is 12.1. The number of carboxylic acid groups (broad SMARTS) is 5. The van der Waals surface area contributed by atoms with Gasteiger partial charge < -0.3 is 71.5 Å². The number of aliphatic hydroxyl groups excluding tert-OH is 9. The van der Waals surface area contributed by atoms with Gasteiger partial charge in [0.25, 0.3) is 0 Å². The number of unbranched alkanes of at least 4 members (excludes halogenated alkanes) is 40. The van der Waals surface area contributed by atoms with Crippen molar-refractivity contribution in [2.45, 2.75) is 482 Å². The van der Waals surface area contributed by atoms with Gasteiger partial charge in [0.1, 0.15) is 0 Å². The largest absolute Gasteiger partial charge is 0.481 e. The lowest BCUT2D eigenvalue weighted by Gasteiger charge is -2.23. The number of aliphatic hydroxyl groups is 9. The van der Waals surface area contributed by atoms with Crippen LogP contribution in [-0.4, -0.2) is 158 Å². The van der Waals surface area contributed by atoms with Crippen molar-refractivity contribution in [1.82, 2.24) is 0 Å². The van der Waals surface area contributed by atoms with Gasteiger partial charge in [0.15, 0.2) is 0 Å². The summed E-state index contributed by atoms with van der Waals surface area (Å²) in [5.74, 6) is -3.44. The Balaban J connectivity index is -0.000000311. The number of aliphatic carboxylic acids is 5. The second-order valence-electron chi connectivity index (χ2n) is 31.7. The van der Waals surface area contributed by atoms with Crippen molar-refractivity contribution in [3.8, 4) is 0 Å². The summed E-state index contributed by atoms with van der Waals surface area (Å²) in [5, 5.41) is 126. The zero-order valence-electron chi connectivity index (χ0n) is 73.8. The van der Waals surface area contributed by atoms with E-state index in [-0.39, 0.29) is 30.5 Å². The molecule has 0 saturated carbocycles. The second-order valence-corrected chi connectivity index (χ2v) is 31.7. The van der Waals surface area contributed by atoms with Crippen LogP contribution in [0, 0.1) is 5.41 Å². The number of hydrogen-bond acceptors (Lipinski definition) is 14. The van der Waals surface area contributed by atoms with Gasteiger partial charge in [-0.1, -0.05) is 320 Å². The standard InChI is InChI=1S/5C18H34O3.C5H12O4/c5*1-2-3-4-11-14-17(19)15-12-9-7-5-6-8-10-13-16-18(20)21;6-1-5(2-7,3-8)4-9/h5*9,12,17,19H,2-8,10-11,13-16H2,1H3,(H,20,21);6-9H,1-4H2/b5*12-9-;/t5*17-;/m11111./s1. The summed E-state index contributed by atoms with van der Waals surface area (Å²) < 4.78 is 0. The number of carboxylic acids is 5. The molecule has 114 heavy (non-hydrogen) atoms. The molecule has 0 aliphatic heterocycles. The van der Waals surface area contributed by atoms with Crippen LogP contribution in [0.25, 0.3) is 0 Å². The number of rotatable bonds is 79. The molecule has 5 atom stereocenters. The van der Waals surface area contributed by atoms with Crippen LogP contribution in [-0.2, 0) is 24.0 Å². The van der Waals surface area contributed by atoms with E-state index >= 15 is 0 Å². The first-order chi connectivity index (χ1) is 55.1. The molecule has 0 fully saturated rings. The van der Waals surface area contributed by atoms with Crippen LogP contribution >= 0.6 is 0 Å².